The fraction of sp³-hybridized carbons (Fsp3) is 0.381. The van der Waals surface area contributed by atoms with Crippen molar-refractivity contribution in [2.45, 2.75) is 30.5 Å². The molecule has 174 valence electrons. The van der Waals surface area contributed by atoms with Crippen molar-refractivity contribution in [2.24, 2.45) is 5.92 Å². The third-order valence-corrected chi connectivity index (χ3v) is 7.41. The molecule has 11 heteroatoms. The molecular weight excluding hydrogens is 471 g/mol. The summed E-state index contributed by atoms with van der Waals surface area (Å²) in [6, 6.07) is 9.55. The van der Waals surface area contributed by atoms with E-state index >= 15 is 0 Å². The Hall–Kier alpha value is -2.30. The van der Waals surface area contributed by atoms with E-state index < -0.39 is 43.6 Å². The van der Waals surface area contributed by atoms with Gasteiger partial charge in [-0.15, -0.1) is 0 Å². The summed E-state index contributed by atoms with van der Waals surface area (Å²) in [6.45, 7) is 0.0377. The number of nitrogens with zero attached hydrogens (tertiary/aromatic N) is 1. The first kappa shape index (κ1) is 24.3. The van der Waals surface area contributed by atoms with Crippen molar-refractivity contribution in [3.8, 4) is 5.75 Å². The van der Waals surface area contributed by atoms with Gasteiger partial charge in [0, 0.05) is 13.1 Å². The summed E-state index contributed by atoms with van der Waals surface area (Å²) in [5.74, 6) is -0.313. The van der Waals surface area contributed by atoms with Crippen LogP contribution in [-0.2, 0) is 32.3 Å². The van der Waals surface area contributed by atoms with E-state index in [1.807, 2.05) is 0 Å². The van der Waals surface area contributed by atoms with Gasteiger partial charge in [0.05, 0.1) is 28.5 Å². The molecule has 6 nitrogen and oxygen atoms in total. The number of ether oxygens (including phenoxy) is 2. The highest BCUT2D eigenvalue weighted by Gasteiger charge is 2.37. The Kier molecular flexibility index (Phi) is 7.36. The Morgan fingerprint density at radius 3 is 2.47 bits per heavy atom. The van der Waals surface area contributed by atoms with Crippen LogP contribution in [0.25, 0.3) is 0 Å². The van der Waals surface area contributed by atoms with Crippen molar-refractivity contribution in [1.29, 1.82) is 0 Å². The number of sulfonamides is 1. The molecule has 2 aromatic carbocycles. The molecule has 0 spiro atoms. The first-order valence-electron chi connectivity index (χ1n) is 9.69. The lowest BCUT2D eigenvalue weighted by molar-refractivity contribution is -0.151. The number of halogens is 4. The molecule has 0 saturated carbocycles. The maximum atomic E-state index is 13.1. The molecule has 0 N–H and O–H groups in total. The summed E-state index contributed by atoms with van der Waals surface area (Å²) in [4.78, 5) is 11.9. The predicted octanol–water partition coefficient (Wildman–Crippen LogP) is 4.51. The van der Waals surface area contributed by atoms with Crippen LogP contribution < -0.4 is 4.74 Å². The van der Waals surface area contributed by atoms with E-state index in [2.05, 4.69) is 0 Å². The summed E-state index contributed by atoms with van der Waals surface area (Å²) in [5.41, 5.74) is -0.461. The van der Waals surface area contributed by atoms with Crippen LogP contribution in [0.1, 0.15) is 24.0 Å². The van der Waals surface area contributed by atoms with Gasteiger partial charge in [-0.25, -0.2) is 8.42 Å². The number of alkyl halides is 3. The maximum Gasteiger partial charge on any atom is 0.417 e. The minimum absolute atomic E-state index is 0.00869. The number of hydrogen-bond acceptors (Lipinski definition) is 5. The molecule has 0 aromatic heterocycles. The van der Waals surface area contributed by atoms with E-state index in [0.717, 1.165) is 22.0 Å². The fourth-order valence-electron chi connectivity index (χ4n) is 3.40. The van der Waals surface area contributed by atoms with Crippen LogP contribution in [0.5, 0.6) is 5.75 Å². The zero-order valence-electron chi connectivity index (χ0n) is 17.1. The van der Waals surface area contributed by atoms with Crippen LogP contribution in [0, 0.1) is 5.92 Å². The number of rotatable bonds is 6. The van der Waals surface area contributed by atoms with Crippen LogP contribution in [0.2, 0.25) is 5.02 Å². The molecule has 1 saturated heterocycles. The normalized spacial score (nSPS) is 16.0. The standard InChI is InChI=1S/C21H21ClF3NO5S/c1-30-16-4-2-3-14(11-16)13-31-20(27)15-7-9-26(10-8-15)32(28,29)17-5-6-19(22)18(12-17)21(23,24)25/h2-6,11-12,15H,7-10,13H2,1H3. The number of carbonyl (C=O) groups excluding carboxylic acids is 1. The van der Waals surface area contributed by atoms with Gasteiger partial charge >= 0.3 is 12.1 Å². The highest BCUT2D eigenvalue weighted by Crippen LogP contribution is 2.37. The molecule has 3 rings (SSSR count). The van der Waals surface area contributed by atoms with Gasteiger partial charge in [-0.05, 0) is 48.7 Å². The van der Waals surface area contributed by atoms with E-state index in [0.29, 0.717) is 11.8 Å². The van der Waals surface area contributed by atoms with Crippen molar-refractivity contribution in [2.75, 3.05) is 20.2 Å². The molecule has 2 aromatic rings. The van der Waals surface area contributed by atoms with Gasteiger partial charge < -0.3 is 9.47 Å². The molecule has 0 bridgehead atoms. The lowest BCUT2D eigenvalue weighted by Crippen LogP contribution is -2.40. The quantitative estimate of drug-likeness (QED) is 0.556. The number of esters is 1. The van der Waals surface area contributed by atoms with Gasteiger partial charge in [0.25, 0.3) is 0 Å². The first-order valence-corrected chi connectivity index (χ1v) is 11.5. The van der Waals surface area contributed by atoms with E-state index in [1.165, 1.54) is 7.11 Å². The molecule has 32 heavy (non-hydrogen) atoms. The lowest BCUT2D eigenvalue weighted by atomic mass is 9.98. The molecule has 0 unspecified atom stereocenters. The molecule has 0 amide bonds. The van der Waals surface area contributed by atoms with Crippen molar-refractivity contribution in [3.63, 3.8) is 0 Å². The highest BCUT2D eigenvalue weighted by molar-refractivity contribution is 7.89. The number of benzene rings is 2. The second-order valence-electron chi connectivity index (χ2n) is 7.28. The zero-order valence-corrected chi connectivity index (χ0v) is 18.6. The van der Waals surface area contributed by atoms with Crippen LogP contribution in [0.15, 0.2) is 47.4 Å². The SMILES string of the molecule is COc1cccc(COC(=O)C2CCN(S(=O)(=O)c3ccc(Cl)c(C(F)(F)F)c3)CC2)c1. The van der Waals surface area contributed by atoms with Gasteiger partial charge in [0.15, 0.2) is 0 Å². The average molecular weight is 492 g/mol. The highest BCUT2D eigenvalue weighted by atomic mass is 35.5. The van der Waals surface area contributed by atoms with Gasteiger partial charge in [0.1, 0.15) is 12.4 Å². The first-order chi connectivity index (χ1) is 15.0. The van der Waals surface area contributed by atoms with E-state index in [-0.39, 0.29) is 32.5 Å². The predicted molar refractivity (Wildman–Crippen MR) is 111 cm³/mol. The summed E-state index contributed by atoms with van der Waals surface area (Å²) >= 11 is 5.57. The minimum Gasteiger partial charge on any atom is -0.497 e. The molecule has 0 aliphatic carbocycles. The molecule has 0 atom stereocenters. The van der Waals surface area contributed by atoms with E-state index in [4.69, 9.17) is 21.1 Å². The summed E-state index contributed by atoms with van der Waals surface area (Å²) in [5, 5.41) is -0.575. The molecular formula is C21H21ClF3NO5S. The third kappa shape index (κ3) is 5.54. The average Bonchev–Trinajstić information content (AvgIpc) is 2.77. The van der Waals surface area contributed by atoms with Crippen LogP contribution in [0.3, 0.4) is 0 Å². The minimum atomic E-state index is -4.78. The number of carbonyl (C=O) groups is 1. The number of hydrogen-bond donors (Lipinski definition) is 0. The third-order valence-electron chi connectivity index (χ3n) is 5.18. The van der Waals surface area contributed by atoms with Crippen molar-refractivity contribution >= 4 is 27.6 Å². The molecule has 1 aliphatic heterocycles. The Bertz CT molecular complexity index is 1080. The summed E-state index contributed by atoms with van der Waals surface area (Å²) in [7, 11) is -2.64. The molecule has 1 aliphatic rings. The van der Waals surface area contributed by atoms with Crippen LogP contribution >= 0.6 is 11.6 Å². The van der Waals surface area contributed by atoms with Crippen molar-refractivity contribution < 1.29 is 35.9 Å². The molecule has 0 radical (unpaired) electrons. The smallest absolute Gasteiger partial charge is 0.417 e. The second-order valence-corrected chi connectivity index (χ2v) is 9.62. The molecule has 1 fully saturated rings. The Balaban J connectivity index is 1.61. The van der Waals surface area contributed by atoms with Gasteiger partial charge in [0.2, 0.25) is 10.0 Å². The largest absolute Gasteiger partial charge is 0.497 e. The molecule has 1 heterocycles. The number of methoxy groups -OCH3 is 1. The van der Waals surface area contributed by atoms with Crippen LogP contribution in [0.4, 0.5) is 13.2 Å². The van der Waals surface area contributed by atoms with Crippen molar-refractivity contribution in [1.82, 2.24) is 4.31 Å². The van der Waals surface area contributed by atoms with Gasteiger partial charge in [-0.1, -0.05) is 23.7 Å². The van der Waals surface area contributed by atoms with Gasteiger partial charge in [-0.3, -0.25) is 4.79 Å². The van der Waals surface area contributed by atoms with Crippen molar-refractivity contribution in [3.05, 3.63) is 58.6 Å². The Labute approximate surface area is 188 Å². The van der Waals surface area contributed by atoms with Crippen LogP contribution in [-0.4, -0.2) is 38.9 Å². The fourth-order valence-corrected chi connectivity index (χ4v) is 5.12. The topological polar surface area (TPSA) is 72.9 Å². The summed E-state index contributed by atoms with van der Waals surface area (Å²) in [6.07, 6.45) is -4.37. The lowest BCUT2D eigenvalue weighted by Gasteiger charge is -2.30. The summed E-state index contributed by atoms with van der Waals surface area (Å²) < 4.78 is 76.4. The Morgan fingerprint density at radius 2 is 1.84 bits per heavy atom. The zero-order chi connectivity index (χ0) is 23.5. The van der Waals surface area contributed by atoms with E-state index in [1.54, 1.807) is 24.3 Å². The van der Waals surface area contributed by atoms with E-state index in [9.17, 15) is 26.4 Å². The maximum absolute atomic E-state index is 13.1. The Morgan fingerprint density at radius 1 is 1.16 bits per heavy atom. The van der Waals surface area contributed by atoms with Gasteiger partial charge in [-0.2, -0.15) is 17.5 Å². The monoisotopic (exact) mass is 491 g/mol. The second kappa shape index (κ2) is 9.68. The number of piperidine rings is 1.